The molecule has 1 N–H and O–H groups in total. The van der Waals surface area contributed by atoms with Gasteiger partial charge < -0.3 is 23.9 Å². The number of aromatic nitrogens is 2. The first-order valence-corrected chi connectivity index (χ1v) is 10.7. The van der Waals surface area contributed by atoms with Crippen molar-refractivity contribution in [1.29, 1.82) is 0 Å². The van der Waals surface area contributed by atoms with Gasteiger partial charge in [-0.25, -0.2) is 9.97 Å². The van der Waals surface area contributed by atoms with Crippen molar-refractivity contribution >= 4 is 5.91 Å². The summed E-state index contributed by atoms with van der Waals surface area (Å²) in [6, 6.07) is 9.01. The predicted molar refractivity (Wildman–Crippen MR) is 118 cm³/mol. The van der Waals surface area contributed by atoms with E-state index in [0.717, 1.165) is 5.56 Å². The Morgan fingerprint density at radius 2 is 2.06 bits per heavy atom. The topological polar surface area (TPSA) is 95.7 Å². The minimum atomic E-state index is -0.342. The lowest BCUT2D eigenvalue weighted by atomic mass is 10.2. The molecule has 0 saturated heterocycles. The number of carbonyl (C=O) groups is 1. The van der Waals surface area contributed by atoms with Crippen LogP contribution < -0.4 is 19.5 Å². The summed E-state index contributed by atoms with van der Waals surface area (Å²) in [5.74, 6) is 2.51. The third-order valence-electron chi connectivity index (χ3n) is 4.91. The van der Waals surface area contributed by atoms with Crippen LogP contribution in [0.4, 0.5) is 0 Å². The lowest BCUT2D eigenvalue weighted by Crippen LogP contribution is -2.25. The molecular formula is C24H27N3O5. The first kappa shape index (κ1) is 21.7. The van der Waals surface area contributed by atoms with E-state index < -0.39 is 0 Å². The van der Waals surface area contributed by atoms with Crippen LogP contribution in [0.2, 0.25) is 0 Å². The monoisotopic (exact) mass is 437 g/mol. The minimum absolute atomic E-state index is 0.0634. The van der Waals surface area contributed by atoms with Crippen LogP contribution in [0.25, 0.3) is 11.5 Å². The second-order valence-electron chi connectivity index (χ2n) is 7.96. The minimum Gasteiger partial charge on any atom is -0.493 e. The van der Waals surface area contributed by atoms with Crippen molar-refractivity contribution < 1.29 is 23.4 Å². The molecule has 8 nitrogen and oxygen atoms in total. The standard InChI is InChI=1S/C24H27N3O5/c1-15(2)32-20-5-4-10-25-22(20)23(28)26-12-18-14-31-24(27-18)17-8-9-19(29-3)21(11-17)30-13-16-6-7-16/h4-5,8-11,14-16H,6-7,12-13H2,1-3H3,(H,26,28). The zero-order valence-corrected chi connectivity index (χ0v) is 18.5. The SMILES string of the molecule is COc1ccc(-c2nc(CNC(=O)c3ncccc3OC(C)C)co2)cc1OCC1CC1. The van der Waals surface area contributed by atoms with Crippen molar-refractivity contribution in [3.8, 4) is 28.7 Å². The molecule has 168 valence electrons. The number of nitrogens with zero attached hydrogens (tertiary/aromatic N) is 2. The van der Waals surface area contributed by atoms with Gasteiger partial charge in [0.25, 0.3) is 5.91 Å². The molecular weight excluding hydrogens is 410 g/mol. The van der Waals surface area contributed by atoms with Crippen molar-refractivity contribution in [2.75, 3.05) is 13.7 Å². The Kier molecular flexibility index (Phi) is 6.58. The Hall–Kier alpha value is -3.55. The Bertz CT molecular complexity index is 1080. The van der Waals surface area contributed by atoms with Crippen LogP contribution in [0.1, 0.15) is 42.9 Å². The van der Waals surface area contributed by atoms with Gasteiger partial charge in [0.15, 0.2) is 22.9 Å². The Labute approximate surface area is 186 Å². The van der Waals surface area contributed by atoms with Gasteiger partial charge in [-0.05, 0) is 62.9 Å². The van der Waals surface area contributed by atoms with E-state index in [1.807, 2.05) is 32.0 Å². The van der Waals surface area contributed by atoms with E-state index in [0.29, 0.717) is 41.4 Å². The summed E-state index contributed by atoms with van der Waals surface area (Å²) < 4.78 is 22.6. The van der Waals surface area contributed by atoms with Crippen molar-refractivity contribution in [3.63, 3.8) is 0 Å². The fourth-order valence-electron chi connectivity index (χ4n) is 3.10. The van der Waals surface area contributed by atoms with Gasteiger partial charge in [0.2, 0.25) is 5.89 Å². The zero-order valence-electron chi connectivity index (χ0n) is 18.5. The van der Waals surface area contributed by atoms with Crippen molar-refractivity contribution in [2.24, 2.45) is 5.92 Å². The molecule has 0 spiro atoms. The summed E-state index contributed by atoms with van der Waals surface area (Å²) in [6.07, 6.45) is 5.43. The highest BCUT2D eigenvalue weighted by Crippen LogP contribution is 2.35. The molecule has 2 heterocycles. The highest BCUT2D eigenvalue weighted by atomic mass is 16.5. The van der Waals surface area contributed by atoms with Gasteiger partial charge in [0, 0.05) is 11.8 Å². The molecule has 2 aromatic heterocycles. The highest BCUT2D eigenvalue weighted by molar-refractivity contribution is 5.94. The predicted octanol–water partition coefficient (Wildman–Crippen LogP) is 4.25. The summed E-state index contributed by atoms with van der Waals surface area (Å²) >= 11 is 0. The van der Waals surface area contributed by atoms with Crippen molar-refractivity contribution in [1.82, 2.24) is 15.3 Å². The molecule has 1 saturated carbocycles. The number of oxazole rings is 1. The molecule has 1 aliphatic carbocycles. The van der Waals surface area contributed by atoms with Crippen LogP contribution in [0.3, 0.4) is 0 Å². The number of hydrogen-bond acceptors (Lipinski definition) is 7. The molecule has 32 heavy (non-hydrogen) atoms. The fraction of sp³-hybridized carbons (Fsp3) is 0.375. The summed E-state index contributed by atoms with van der Waals surface area (Å²) in [5, 5.41) is 2.81. The van der Waals surface area contributed by atoms with Gasteiger partial charge in [-0.15, -0.1) is 0 Å². The Balaban J connectivity index is 1.42. The summed E-state index contributed by atoms with van der Waals surface area (Å²) in [7, 11) is 1.62. The molecule has 0 atom stereocenters. The summed E-state index contributed by atoms with van der Waals surface area (Å²) in [5.41, 5.74) is 1.59. The van der Waals surface area contributed by atoms with Crippen LogP contribution in [0.15, 0.2) is 47.2 Å². The van der Waals surface area contributed by atoms with Gasteiger partial charge in [-0.1, -0.05) is 0 Å². The number of amides is 1. The summed E-state index contributed by atoms with van der Waals surface area (Å²) in [4.78, 5) is 21.2. The van der Waals surface area contributed by atoms with E-state index in [1.54, 1.807) is 25.4 Å². The normalized spacial score (nSPS) is 13.1. The average Bonchev–Trinajstić information content (AvgIpc) is 3.51. The lowest BCUT2D eigenvalue weighted by molar-refractivity contribution is 0.0939. The molecule has 0 bridgehead atoms. The first-order chi connectivity index (χ1) is 15.5. The first-order valence-electron chi connectivity index (χ1n) is 10.7. The van der Waals surface area contributed by atoms with E-state index in [9.17, 15) is 4.79 Å². The summed E-state index contributed by atoms with van der Waals surface area (Å²) in [6.45, 7) is 4.67. The van der Waals surface area contributed by atoms with Crippen LogP contribution in [0, 0.1) is 5.92 Å². The van der Waals surface area contributed by atoms with E-state index in [-0.39, 0.29) is 24.2 Å². The third kappa shape index (κ3) is 5.38. The number of nitrogens with one attached hydrogen (secondary N) is 1. The van der Waals surface area contributed by atoms with Gasteiger partial charge in [-0.3, -0.25) is 4.79 Å². The molecule has 1 aromatic carbocycles. The number of hydrogen-bond donors (Lipinski definition) is 1. The highest BCUT2D eigenvalue weighted by Gasteiger charge is 2.23. The molecule has 4 rings (SSSR count). The second kappa shape index (κ2) is 9.72. The van der Waals surface area contributed by atoms with E-state index in [1.165, 1.54) is 19.1 Å². The van der Waals surface area contributed by atoms with Crippen molar-refractivity contribution in [2.45, 2.75) is 39.3 Å². The molecule has 8 heteroatoms. The van der Waals surface area contributed by atoms with Crippen LogP contribution in [0.5, 0.6) is 17.2 Å². The molecule has 0 aliphatic heterocycles. The number of rotatable bonds is 10. The molecule has 3 aromatic rings. The molecule has 1 fully saturated rings. The van der Waals surface area contributed by atoms with Gasteiger partial charge in [0.05, 0.1) is 32.1 Å². The average molecular weight is 437 g/mol. The van der Waals surface area contributed by atoms with Crippen LogP contribution >= 0.6 is 0 Å². The number of pyridine rings is 1. The number of methoxy groups -OCH3 is 1. The number of benzene rings is 1. The van der Waals surface area contributed by atoms with Gasteiger partial charge >= 0.3 is 0 Å². The fourth-order valence-corrected chi connectivity index (χ4v) is 3.10. The maximum absolute atomic E-state index is 12.6. The maximum Gasteiger partial charge on any atom is 0.274 e. The van der Waals surface area contributed by atoms with Crippen molar-refractivity contribution in [3.05, 3.63) is 54.2 Å². The molecule has 1 aliphatic rings. The van der Waals surface area contributed by atoms with E-state index >= 15 is 0 Å². The van der Waals surface area contributed by atoms with Gasteiger partial charge in [-0.2, -0.15) is 0 Å². The Morgan fingerprint density at radius 3 is 2.81 bits per heavy atom. The zero-order chi connectivity index (χ0) is 22.5. The quantitative estimate of drug-likeness (QED) is 0.506. The maximum atomic E-state index is 12.6. The molecule has 0 radical (unpaired) electrons. The molecule has 0 unspecified atom stereocenters. The van der Waals surface area contributed by atoms with Crippen LogP contribution in [-0.2, 0) is 6.54 Å². The van der Waals surface area contributed by atoms with Gasteiger partial charge in [0.1, 0.15) is 6.26 Å². The van der Waals surface area contributed by atoms with E-state index in [2.05, 4.69) is 15.3 Å². The number of ether oxygens (including phenoxy) is 3. The third-order valence-corrected chi connectivity index (χ3v) is 4.91. The Morgan fingerprint density at radius 1 is 1.22 bits per heavy atom. The second-order valence-corrected chi connectivity index (χ2v) is 7.96. The number of carbonyl (C=O) groups excluding carboxylic acids is 1. The largest absolute Gasteiger partial charge is 0.493 e. The molecule has 1 amide bonds. The lowest BCUT2D eigenvalue weighted by Gasteiger charge is -2.12. The van der Waals surface area contributed by atoms with E-state index in [4.69, 9.17) is 18.6 Å². The van der Waals surface area contributed by atoms with Crippen LogP contribution in [-0.4, -0.2) is 35.7 Å². The smallest absolute Gasteiger partial charge is 0.274 e.